The lowest BCUT2D eigenvalue weighted by Crippen LogP contribution is -2.48. The van der Waals surface area contributed by atoms with Gasteiger partial charge in [0, 0.05) is 0 Å². The van der Waals surface area contributed by atoms with Crippen LogP contribution in [0.15, 0.2) is 24.3 Å². The van der Waals surface area contributed by atoms with Gasteiger partial charge in [-0.15, -0.1) is 0 Å². The maximum Gasteiger partial charge on any atom is 0.119 e. The fraction of sp³-hybridized carbons (Fsp3) is 0.562. The van der Waals surface area contributed by atoms with Gasteiger partial charge in [0.25, 0.3) is 0 Å². The summed E-state index contributed by atoms with van der Waals surface area (Å²) in [6.07, 6.45) is 5.18. The largest absolute Gasteiger partial charge is 0.497 e. The smallest absolute Gasteiger partial charge is 0.119 e. The van der Waals surface area contributed by atoms with Gasteiger partial charge in [-0.1, -0.05) is 12.1 Å². The number of piperidine rings is 1. The Labute approximate surface area is 115 Å². The van der Waals surface area contributed by atoms with Crippen LogP contribution in [0.1, 0.15) is 31.2 Å². The molecular formula is C16H22N2O. The molecule has 0 radical (unpaired) electrons. The molecule has 3 heteroatoms. The molecule has 102 valence electrons. The van der Waals surface area contributed by atoms with Crippen LogP contribution in [0.25, 0.3) is 0 Å². The summed E-state index contributed by atoms with van der Waals surface area (Å²) in [6, 6.07) is 10.7. The molecule has 1 heterocycles. The SMILES string of the molecule is COc1cccc(CCC2(C#N)CCCCN2C)c1. The Balaban J connectivity index is 2.05. The quantitative estimate of drug-likeness (QED) is 0.833. The van der Waals surface area contributed by atoms with E-state index in [0.29, 0.717) is 0 Å². The number of hydrogen-bond donors (Lipinski definition) is 0. The Kier molecular flexibility index (Phi) is 4.44. The number of likely N-dealkylation sites (tertiary alicyclic amines) is 1. The van der Waals surface area contributed by atoms with Gasteiger partial charge in [-0.2, -0.15) is 5.26 Å². The average Bonchev–Trinajstić information content (AvgIpc) is 2.47. The van der Waals surface area contributed by atoms with Crippen molar-refractivity contribution in [2.45, 2.75) is 37.6 Å². The molecule has 0 N–H and O–H groups in total. The lowest BCUT2D eigenvalue weighted by Gasteiger charge is -2.40. The second-order valence-electron chi connectivity index (χ2n) is 5.37. The van der Waals surface area contributed by atoms with Gasteiger partial charge in [-0.3, -0.25) is 4.90 Å². The van der Waals surface area contributed by atoms with Crippen molar-refractivity contribution in [3.63, 3.8) is 0 Å². The summed E-state index contributed by atoms with van der Waals surface area (Å²) in [5.41, 5.74) is 0.967. The molecule has 19 heavy (non-hydrogen) atoms. The number of nitriles is 1. The number of ether oxygens (including phenoxy) is 1. The van der Waals surface area contributed by atoms with E-state index >= 15 is 0 Å². The molecule has 1 saturated heterocycles. The number of rotatable bonds is 4. The van der Waals surface area contributed by atoms with Crippen molar-refractivity contribution < 1.29 is 4.74 Å². The van der Waals surface area contributed by atoms with Crippen molar-refractivity contribution in [2.75, 3.05) is 20.7 Å². The Morgan fingerprint density at radius 1 is 1.42 bits per heavy atom. The standard InChI is InChI=1S/C16H22N2O/c1-18-11-4-3-9-16(18,13-17)10-8-14-6-5-7-15(12-14)19-2/h5-7,12H,3-4,8-11H2,1-2H3. The first-order valence-electron chi connectivity index (χ1n) is 6.96. The average molecular weight is 258 g/mol. The maximum absolute atomic E-state index is 9.57. The highest BCUT2D eigenvalue weighted by Gasteiger charge is 2.36. The number of benzene rings is 1. The Bertz CT molecular complexity index is 466. The van der Waals surface area contributed by atoms with Crippen LogP contribution in [0.5, 0.6) is 5.75 Å². The van der Waals surface area contributed by atoms with Crippen LogP contribution in [0.4, 0.5) is 0 Å². The van der Waals surface area contributed by atoms with Crippen molar-refractivity contribution in [3.8, 4) is 11.8 Å². The molecule has 0 saturated carbocycles. The molecule has 0 bridgehead atoms. The number of aryl methyl sites for hydroxylation is 1. The van der Waals surface area contributed by atoms with E-state index in [1.165, 1.54) is 12.0 Å². The van der Waals surface area contributed by atoms with E-state index in [4.69, 9.17) is 4.74 Å². The molecule has 0 amide bonds. The summed E-state index contributed by atoms with van der Waals surface area (Å²) >= 11 is 0. The number of hydrogen-bond acceptors (Lipinski definition) is 3. The predicted molar refractivity (Wildman–Crippen MR) is 76.1 cm³/mol. The van der Waals surface area contributed by atoms with Gasteiger partial charge in [-0.25, -0.2) is 0 Å². The first-order chi connectivity index (χ1) is 9.20. The van der Waals surface area contributed by atoms with Gasteiger partial charge < -0.3 is 4.74 Å². The van der Waals surface area contributed by atoms with E-state index in [1.54, 1.807) is 7.11 Å². The van der Waals surface area contributed by atoms with Crippen LogP contribution >= 0.6 is 0 Å². The summed E-state index contributed by atoms with van der Waals surface area (Å²) in [7, 11) is 3.76. The second-order valence-corrected chi connectivity index (χ2v) is 5.37. The minimum atomic E-state index is -0.276. The monoisotopic (exact) mass is 258 g/mol. The molecule has 1 aromatic rings. The predicted octanol–water partition coefficient (Wildman–Crippen LogP) is 3.01. The molecule has 1 atom stereocenters. The number of methoxy groups -OCH3 is 1. The van der Waals surface area contributed by atoms with Crippen molar-refractivity contribution in [3.05, 3.63) is 29.8 Å². The lowest BCUT2D eigenvalue weighted by atomic mass is 9.83. The number of nitrogens with zero attached hydrogens (tertiary/aromatic N) is 2. The first kappa shape index (κ1) is 13.9. The fourth-order valence-electron chi connectivity index (χ4n) is 2.86. The highest BCUT2D eigenvalue weighted by molar-refractivity contribution is 5.29. The molecule has 0 spiro atoms. The van der Waals surface area contributed by atoms with E-state index in [-0.39, 0.29) is 5.54 Å². The third-order valence-electron chi connectivity index (χ3n) is 4.23. The van der Waals surface area contributed by atoms with Gasteiger partial charge in [0.05, 0.1) is 13.2 Å². The Hall–Kier alpha value is -1.53. The molecular weight excluding hydrogens is 236 g/mol. The zero-order valence-electron chi connectivity index (χ0n) is 11.9. The molecule has 1 aliphatic heterocycles. The molecule has 1 unspecified atom stereocenters. The van der Waals surface area contributed by atoms with E-state index in [9.17, 15) is 5.26 Å². The minimum absolute atomic E-state index is 0.276. The lowest BCUT2D eigenvalue weighted by molar-refractivity contribution is 0.115. The van der Waals surface area contributed by atoms with E-state index in [0.717, 1.165) is 38.0 Å². The fourth-order valence-corrected chi connectivity index (χ4v) is 2.86. The van der Waals surface area contributed by atoms with E-state index < -0.39 is 0 Å². The van der Waals surface area contributed by atoms with Crippen LogP contribution < -0.4 is 4.74 Å². The Morgan fingerprint density at radius 3 is 2.95 bits per heavy atom. The van der Waals surface area contributed by atoms with Gasteiger partial charge in [0.1, 0.15) is 11.3 Å². The summed E-state index contributed by atoms with van der Waals surface area (Å²) in [5, 5.41) is 9.57. The van der Waals surface area contributed by atoms with Crippen molar-refractivity contribution in [1.29, 1.82) is 5.26 Å². The molecule has 3 nitrogen and oxygen atoms in total. The van der Waals surface area contributed by atoms with Crippen LogP contribution in [0.2, 0.25) is 0 Å². The zero-order chi connectivity index (χ0) is 13.7. The van der Waals surface area contributed by atoms with Gasteiger partial charge in [0.2, 0.25) is 0 Å². The summed E-state index contributed by atoms with van der Waals surface area (Å²) in [6.45, 7) is 1.03. The maximum atomic E-state index is 9.57. The summed E-state index contributed by atoms with van der Waals surface area (Å²) in [5.74, 6) is 0.889. The second kappa shape index (κ2) is 6.08. The zero-order valence-corrected chi connectivity index (χ0v) is 11.9. The van der Waals surface area contributed by atoms with Gasteiger partial charge in [-0.05, 0) is 63.4 Å². The topological polar surface area (TPSA) is 36.3 Å². The van der Waals surface area contributed by atoms with Gasteiger partial charge >= 0.3 is 0 Å². The minimum Gasteiger partial charge on any atom is -0.497 e. The molecule has 0 aromatic heterocycles. The van der Waals surface area contributed by atoms with E-state index in [1.807, 2.05) is 12.1 Å². The molecule has 1 aromatic carbocycles. The van der Waals surface area contributed by atoms with Crippen molar-refractivity contribution >= 4 is 0 Å². The van der Waals surface area contributed by atoms with Crippen molar-refractivity contribution in [1.82, 2.24) is 4.90 Å². The third-order valence-corrected chi connectivity index (χ3v) is 4.23. The van der Waals surface area contributed by atoms with Gasteiger partial charge in [0.15, 0.2) is 0 Å². The van der Waals surface area contributed by atoms with Crippen molar-refractivity contribution in [2.24, 2.45) is 0 Å². The molecule has 1 fully saturated rings. The normalized spacial score (nSPS) is 23.8. The Morgan fingerprint density at radius 2 is 2.26 bits per heavy atom. The van der Waals surface area contributed by atoms with E-state index in [2.05, 4.69) is 30.1 Å². The summed E-state index contributed by atoms with van der Waals surface area (Å²) in [4.78, 5) is 2.23. The highest BCUT2D eigenvalue weighted by Crippen LogP contribution is 2.31. The molecule has 0 aliphatic carbocycles. The first-order valence-corrected chi connectivity index (χ1v) is 6.96. The van der Waals surface area contributed by atoms with Crippen LogP contribution in [-0.2, 0) is 6.42 Å². The highest BCUT2D eigenvalue weighted by atomic mass is 16.5. The van der Waals surface area contributed by atoms with Crippen LogP contribution in [-0.4, -0.2) is 31.1 Å². The molecule has 1 aliphatic rings. The third kappa shape index (κ3) is 3.08. The van der Waals surface area contributed by atoms with Crippen LogP contribution in [0.3, 0.4) is 0 Å². The molecule has 2 rings (SSSR count). The van der Waals surface area contributed by atoms with Crippen LogP contribution in [0, 0.1) is 11.3 Å². The summed E-state index contributed by atoms with van der Waals surface area (Å²) < 4.78 is 5.24.